The van der Waals surface area contributed by atoms with Crippen LogP contribution >= 0.6 is 11.3 Å². The fraction of sp³-hybridized carbons (Fsp3) is 0.357. The minimum atomic E-state index is -4.74. The molecule has 1 atom stereocenters. The summed E-state index contributed by atoms with van der Waals surface area (Å²) in [4.78, 5) is 18.6. The molecule has 1 N–H and O–H groups in total. The number of alkyl halides is 3. The summed E-state index contributed by atoms with van der Waals surface area (Å²) >= 11 is 1.35. The van der Waals surface area contributed by atoms with Gasteiger partial charge in [-0.2, -0.15) is 23.5 Å². The van der Waals surface area contributed by atoms with Crippen molar-refractivity contribution >= 4 is 27.9 Å². The Morgan fingerprint density at radius 2 is 1.92 bits per heavy atom. The third kappa shape index (κ3) is 5.08. The fourth-order valence-electron chi connectivity index (χ4n) is 4.90. The van der Waals surface area contributed by atoms with E-state index in [1.165, 1.54) is 24.5 Å². The van der Waals surface area contributed by atoms with E-state index >= 15 is 0 Å². The van der Waals surface area contributed by atoms with Gasteiger partial charge < -0.3 is 10.1 Å². The molecule has 1 aliphatic carbocycles. The molecule has 5 rings (SSSR count). The summed E-state index contributed by atoms with van der Waals surface area (Å²) in [6, 6.07) is 10.8. The summed E-state index contributed by atoms with van der Waals surface area (Å²) in [5.41, 5.74) is 0.580. The third-order valence-corrected chi connectivity index (χ3v) is 8.33. The summed E-state index contributed by atoms with van der Waals surface area (Å²) < 4.78 is 47.7. The molecule has 0 unspecified atom stereocenters. The zero-order valence-corrected chi connectivity index (χ0v) is 22.6. The van der Waals surface area contributed by atoms with E-state index in [2.05, 4.69) is 42.2 Å². The van der Waals surface area contributed by atoms with Crippen molar-refractivity contribution in [3.63, 3.8) is 0 Å². The molecule has 1 aliphatic rings. The number of carbonyl (C=O) groups excluding carboxylic acids is 1. The van der Waals surface area contributed by atoms with Gasteiger partial charge in [0.15, 0.2) is 17.0 Å². The van der Waals surface area contributed by atoms with Gasteiger partial charge in [0.25, 0.3) is 5.91 Å². The number of methoxy groups -OCH3 is 1. The summed E-state index contributed by atoms with van der Waals surface area (Å²) in [6.45, 7) is 6.57. The smallest absolute Gasteiger partial charge is 0.433 e. The topological polar surface area (TPSA) is 92.3 Å². The quantitative estimate of drug-likeness (QED) is 0.301. The first-order chi connectivity index (χ1) is 18.4. The van der Waals surface area contributed by atoms with Gasteiger partial charge in [-0.15, -0.1) is 11.3 Å². The number of hydrogen-bond donors (Lipinski definition) is 1. The van der Waals surface area contributed by atoms with Crippen molar-refractivity contribution in [3.05, 3.63) is 63.8 Å². The van der Waals surface area contributed by atoms with Crippen molar-refractivity contribution in [3.8, 4) is 23.1 Å². The van der Waals surface area contributed by atoms with Crippen LogP contribution in [0.15, 0.2) is 36.4 Å². The number of fused-ring (bicyclic) bond motifs is 2. The van der Waals surface area contributed by atoms with Crippen molar-refractivity contribution in [2.45, 2.75) is 46.2 Å². The second kappa shape index (κ2) is 9.68. The lowest BCUT2D eigenvalue weighted by molar-refractivity contribution is -0.142. The van der Waals surface area contributed by atoms with Gasteiger partial charge in [-0.05, 0) is 66.5 Å². The van der Waals surface area contributed by atoms with Crippen molar-refractivity contribution in [1.82, 2.24) is 14.6 Å². The number of anilines is 1. The monoisotopic (exact) mass is 553 g/mol. The number of benzene rings is 1. The van der Waals surface area contributed by atoms with Crippen molar-refractivity contribution in [2.24, 2.45) is 11.3 Å². The second-order valence-corrected chi connectivity index (χ2v) is 11.7. The molecule has 1 amide bonds. The van der Waals surface area contributed by atoms with Gasteiger partial charge in [0.2, 0.25) is 0 Å². The zero-order chi connectivity index (χ0) is 28.1. The molecule has 0 saturated heterocycles. The van der Waals surface area contributed by atoms with Gasteiger partial charge in [-0.3, -0.25) is 4.79 Å². The molecule has 4 aromatic rings. The fourth-order valence-corrected chi connectivity index (χ4v) is 6.17. The first-order valence-corrected chi connectivity index (χ1v) is 13.2. The predicted molar refractivity (Wildman–Crippen MR) is 142 cm³/mol. The van der Waals surface area contributed by atoms with Gasteiger partial charge in [-0.1, -0.05) is 20.8 Å². The highest BCUT2D eigenvalue weighted by Gasteiger charge is 2.36. The molecular formula is C28H26F3N5O2S. The van der Waals surface area contributed by atoms with Crippen molar-refractivity contribution < 1.29 is 22.7 Å². The molecule has 0 saturated carbocycles. The molecule has 0 spiro atoms. The number of ether oxygens (including phenoxy) is 1. The van der Waals surface area contributed by atoms with E-state index in [4.69, 9.17) is 4.74 Å². The second-order valence-electron chi connectivity index (χ2n) is 10.6. The maximum absolute atomic E-state index is 14.0. The third-order valence-electron chi connectivity index (χ3n) is 7.16. The number of halogens is 3. The largest absolute Gasteiger partial charge is 0.497 e. The highest BCUT2D eigenvalue weighted by atomic mass is 32.1. The first kappa shape index (κ1) is 26.7. The standard InChI is InChI=1S/C28H26F3N5O2S/c1-27(2,3)16-7-10-18-19(14-32)26(39-22(18)11-16)34-25(37)21-13-24-33-20(15-5-8-17(38-4)9-6-15)12-23(28(29,30)31)36(24)35-21/h5-6,8-9,12-13,16H,7,10-11H2,1-4H3,(H,34,37)/t16-/m0/s1. The number of rotatable bonds is 4. The van der Waals surface area contributed by atoms with E-state index < -0.39 is 17.8 Å². The average Bonchev–Trinajstić information content (AvgIpc) is 3.47. The Morgan fingerprint density at radius 1 is 1.21 bits per heavy atom. The minimum Gasteiger partial charge on any atom is -0.497 e. The molecular weight excluding hydrogens is 527 g/mol. The zero-order valence-electron chi connectivity index (χ0n) is 21.8. The molecule has 0 fully saturated rings. The molecule has 202 valence electrons. The molecule has 0 radical (unpaired) electrons. The van der Waals surface area contributed by atoms with Crippen LogP contribution in [-0.2, 0) is 19.0 Å². The summed E-state index contributed by atoms with van der Waals surface area (Å²) in [5.74, 6) is 0.297. The van der Waals surface area contributed by atoms with E-state index in [0.717, 1.165) is 35.8 Å². The number of carbonyl (C=O) groups is 1. The normalized spacial score (nSPS) is 15.6. The molecule has 7 nitrogen and oxygen atoms in total. The van der Waals surface area contributed by atoms with E-state index in [9.17, 15) is 23.2 Å². The average molecular weight is 554 g/mol. The lowest BCUT2D eigenvalue weighted by Crippen LogP contribution is -2.26. The van der Waals surface area contributed by atoms with Crippen LogP contribution in [0.25, 0.3) is 16.9 Å². The van der Waals surface area contributed by atoms with E-state index in [0.29, 0.717) is 32.3 Å². The van der Waals surface area contributed by atoms with E-state index in [-0.39, 0.29) is 22.5 Å². The Kier molecular flexibility index (Phi) is 6.63. The van der Waals surface area contributed by atoms with Gasteiger partial charge in [0.1, 0.15) is 16.8 Å². The Morgan fingerprint density at radius 3 is 2.54 bits per heavy atom. The molecule has 3 heterocycles. The number of nitriles is 1. The van der Waals surface area contributed by atoms with Gasteiger partial charge >= 0.3 is 6.18 Å². The van der Waals surface area contributed by atoms with Crippen molar-refractivity contribution in [1.29, 1.82) is 5.26 Å². The van der Waals surface area contributed by atoms with E-state index in [1.54, 1.807) is 24.3 Å². The van der Waals surface area contributed by atoms with Crippen LogP contribution in [0, 0.1) is 22.7 Å². The Bertz CT molecular complexity index is 1610. The van der Waals surface area contributed by atoms with Crippen LogP contribution in [0.5, 0.6) is 5.75 Å². The van der Waals surface area contributed by atoms with Crippen LogP contribution < -0.4 is 10.1 Å². The number of hydrogen-bond acceptors (Lipinski definition) is 6. The number of nitrogens with zero attached hydrogens (tertiary/aromatic N) is 4. The van der Waals surface area contributed by atoms with E-state index in [1.807, 2.05) is 0 Å². The lowest BCUT2D eigenvalue weighted by atomic mass is 9.72. The lowest BCUT2D eigenvalue weighted by Gasteiger charge is -2.33. The van der Waals surface area contributed by atoms with Crippen LogP contribution in [0.4, 0.5) is 18.2 Å². The Labute approximate surface area is 227 Å². The van der Waals surface area contributed by atoms with Crippen LogP contribution in [0.1, 0.15) is 59.4 Å². The number of aromatic nitrogens is 3. The Hall–Kier alpha value is -3.91. The number of thiophene rings is 1. The molecule has 39 heavy (non-hydrogen) atoms. The van der Waals surface area contributed by atoms with Crippen LogP contribution in [0.3, 0.4) is 0 Å². The van der Waals surface area contributed by atoms with Gasteiger partial charge in [-0.25, -0.2) is 9.50 Å². The maximum Gasteiger partial charge on any atom is 0.433 e. The van der Waals surface area contributed by atoms with Gasteiger partial charge in [0.05, 0.1) is 18.4 Å². The molecule has 3 aromatic heterocycles. The van der Waals surface area contributed by atoms with Crippen molar-refractivity contribution in [2.75, 3.05) is 12.4 Å². The summed E-state index contributed by atoms with van der Waals surface area (Å²) in [6.07, 6.45) is -2.24. The predicted octanol–water partition coefficient (Wildman–Crippen LogP) is 6.76. The minimum absolute atomic E-state index is 0.0791. The SMILES string of the molecule is COc1ccc(-c2cc(C(F)(F)F)n3nc(C(=O)Nc4sc5c(c4C#N)CC[C@H](C(C)(C)C)C5)cc3n2)cc1. The summed E-state index contributed by atoms with van der Waals surface area (Å²) in [7, 11) is 1.49. The maximum atomic E-state index is 14.0. The number of nitrogens with one attached hydrogen (secondary N) is 1. The van der Waals surface area contributed by atoms with Crippen LogP contribution in [-0.4, -0.2) is 27.6 Å². The van der Waals surface area contributed by atoms with Crippen LogP contribution in [0.2, 0.25) is 0 Å². The summed E-state index contributed by atoms with van der Waals surface area (Å²) in [5, 5.41) is 16.9. The highest BCUT2D eigenvalue weighted by Crippen LogP contribution is 2.44. The van der Waals surface area contributed by atoms with Gasteiger partial charge in [0, 0.05) is 16.5 Å². The molecule has 0 bridgehead atoms. The molecule has 0 aliphatic heterocycles. The Balaban J connectivity index is 1.49. The molecule has 11 heteroatoms. The molecule has 1 aromatic carbocycles. The first-order valence-electron chi connectivity index (χ1n) is 12.4. The number of amides is 1. The highest BCUT2D eigenvalue weighted by molar-refractivity contribution is 7.16.